The molecule has 1 fully saturated rings. The first-order valence-electron chi connectivity index (χ1n) is 6.30. The fourth-order valence-corrected chi connectivity index (χ4v) is 2.76. The Morgan fingerprint density at radius 3 is 3.00 bits per heavy atom. The van der Waals surface area contributed by atoms with E-state index in [4.69, 9.17) is 10.5 Å². The Balaban J connectivity index is 1.96. The van der Waals surface area contributed by atoms with Crippen LogP contribution < -0.4 is 5.73 Å². The molecule has 20 heavy (non-hydrogen) atoms. The maximum Gasteiger partial charge on any atom is 0.308 e. The lowest BCUT2D eigenvalue weighted by atomic mass is 10.1. The second-order valence-electron chi connectivity index (χ2n) is 4.91. The minimum Gasteiger partial charge on any atom is -0.469 e. The molecule has 0 spiro atoms. The van der Waals surface area contributed by atoms with Gasteiger partial charge in [0.25, 0.3) is 0 Å². The number of imidazole rings is 1. The normalized spacial score (nSPS) is 26.0. The van der Waals surface area contributed by atoms with Crippen LogP contribution in [0.25, 0.3) is 11.2 Å². The topological polar surface area (TPSA) is 116 Å². The number of nitrogen functional groups attached to an aromatic ring is 1. The number of aliphatic hydroxyl groups excluding tert-OH is 1. The Bertz CT molecular complexity index is 656. The SMILES string of the molecule is COC(=O)[C@@H]1C[C@@H](O)[C@H](n2cnc3c(N)ncnc32)C1. The monoisotopic (exact) mass is 277 g/mol. The molecule has 3 N–H and O–H groups in total. The minimum absolute atomic E-state index is 0.265. The van der Waals surface area contributed by atoms with Crippen LogP contribution in [-0.2, 0) is 9.53 Å². The summed E-state index contributed by atoms with van der Waals surface area (Å²) in [4.78, 5) is 23.8. The molecule has 2 aromatic heterocycles. The molecule has 1 aliphatic rings. The molecule has 1 saturated carbocycles. The van der Waals surface area contributed by atoms with E-state index < -0.39 is 6.10 Å². The van der Waals surface area contributed by atoms with E-state index in [2.05, 4.69) is 15.0 Å². The molecular weight excluding hydrogens is 262 g/mol. The van der Waals surface area contributed by atoms with Crippen LogP contribution in [0.2, 0.25) is 0 Å². The smallest absolute Gasteiger partial charge is 0.308 e. The summed E-state index contributed by atoms with van der Waals surface area (Å²) in [5, 5.41) is 10.2. The highest BCUT2D eigenvalue weighted by atomic mass is 16.5. The predicted octanol–water partition coefficient (Wildman–Crippen LogP) is -0.107. The molecule has 1 aliphatic carbocycles. The van der Waals surface area contributed by atoms with Crippen molar-refractivity contribution >= 4 is 23.0 Å². The summed E-state index contributed by atoms with van der Waals surface area (Å²) in [6, 6.07) is -0.265. The van der Waals surface area contributed by atoms with Gasteiger partial charge in [0.1, 0.15) is 11.8 Å². The number of carbonyl (C=O) groups is 1. The van der Waals surface area contributed by atoms with Gasteiger partial charge in [0.2, 0.25) is 0 Å². The number of rotatable bonds is 2. The van der Waals surface area contributed by atoms with Gasteiger partial charge in [0.15, 0.2) is 11.5 Å². The first-order valence-corrected chi connectivity index (χ1v) is 6.30. The van der Waals surface area contributed by atoms with Gasteiger partial charge in [-0.05, 0) is 12.8 Å². The molecule has 0 aliphatic heterocycles. The number of aromatic nitrogens is 4. The van der Waals surface area contributed by atoms with Crippen molar-refractivity contribution in [3.8, 4) is 0 Å². The molecule has 2 aromatic rings. The number of anilines is 1. The van der Waals surface area contributed by atoms with Crippen LogP contribution in [0.15, 0.2) is 12.7 Å². The number of nitrogens with zero attached hydrogens (tertiary/aromatic N) is 4. The van der Waals surface area contributed by atoms with Gasteiger partial charge < -0.3 is 20.1 Å². The lowest BCUT2D eigenvalue weighted by Gasteiger charge is -2.16. The molecule has 8 nitrogen and oxygen atoms in total. The van der Waals surface area contributed by atoms with E-state index in [1.54, 1.807) is 10.9 Å². The van der Waals surface area contributed by atoms with Gasteiger partial charge in [0.05, 0.1) is 31.5 Å². The third kappa shape index (κ3) is 1.88. The Hall–Kier alpha value is -2.22. The number of fused-ring (bicyclic) bond motifs is 1. The van der Waals surface area contributed by atoms with Crippen molar-refractivity contribution in [2.24, 2.45) is 5.92 Å². The van der Waals surface area contributed by atoms with Gasteiger partial charge in [-0.2, -0.15) is 0 Å². The Labute approximate surface area is 114 Å². The quantitative estimate of drug-likeness (QED) is 0.736. The molecule has 106 valence electrons. The number of hydrogen-bond acceptors (Lipinski definition) is 7. The fraction of sp³-hybridized carbons (Fsp3) is 0.500. The van der Waals surface area contributed by atoms with Gasteiger partial charge in [-0.1, -0.05) is 0 Å². The van der Waals surface area contributed by atoms with E-state index in [9.17, 15) is 9.90 Å². The third-order valence-corrected chi connectivity index (χ3v) is 3.78. The lowest BCUT2D eigenvalue weighted by molar-refractivity contribution is -0.145. The molecule has 3 atom stereocenters. The average molecular weight is 277 g/mol. The minimum atomic E-state index is -0.646. The highest BCUT2D eigenvalue weighted by Crippen LogP contribution is 2.37. The molecule has 0 radical (unpaired) electrons. The van der Waals surface area contributed by atoms with E-state index >= 15 is 0 Å². The van der Waals surface area contributed by atoms with Crippen molar-refractivity contribution in [1.82, 2.24) is 19.5 Å². The predicted molar refractivity (Wildman–Crippen MR) is 69.5 cm³/mol. The van der Waals surface area contributed by atoms with Crippen molar-refractivity contribution in [3.05, 3.63) is 12.7 Å². The van der Waals surface area contributed by atoms with E-state index in [1.165, 1.54) is 13.4 Å². The van der Waals surface area contributed by atoms with Gasteiger partial charge in [-0.15, -0.1) is 0 Å². The molecule has 0 saturated heterocycles. The largest absolute Gasteiger partial charge is 0.469 e. The standard InChI is InChI=1S/C12H15N5O3/c1-20-12(19)6-2-7(8(18)3-6)17-5-16-9-10(13)14-4-15-11(9)17/h4-8,18H,2-3H2,1H3,(H2,13,14,15)/t6-,7+,8+/m0/s1. The van der Waals surface area contributed by atoms with Crippen molar-refractivity contribution in [3.63, 3.8) is 0 Å². The van der Waals surface area contributed by atoms with Gasteiger partial charge in [-0.3, -0.25) is 4.79 Å². The zero-order chi connectivity index (χ0) is 14.3. The van der Waals surface area contributed by atoms with Crippen molar-refractivity contribution in [1.29, 1.82) is 0 Å². The maximum absolute atomic E-state index is 11.6. The fourth-order valence-electron chi connectivity index (χ4n) is 2.76. The highest BCUT2D eigenvalue weighted by Gasteiger charge is 2.39. The summed E-state index contributed by atoms with van der Waals surface area (Å²) < 4.78 is 6.49. The number of aliphatic hydroxyl groups is 1. The van der Waals surface area contributed by atoms with Crippen molar-refractivity contribution in [2.45, 2.75) is 25.0 Å². The van der Waals surface area contributed by atoms with Crippen LogP contribution in [0.3, 0.4) is 0 Å². The number of esters is 1. The second-order valence-corrected chi connectivity index (χ2v) is 4.91. The number of hydrogen-bond donors (Lipinski definition) is 2. The number of ether oxygens (including phenoxy) is 1. The van der Waals surface area contributed by atoms with Crippen LogP contribution >= 0.6 is 0 Å². The highest BCUT2D eigenvalue weighted by molar-refractivity contribution is 5.81. The van der Waals surface area contributed by atoms with Crippen LogP contribution in [0, 0.1) is 5.92 Å². The number of carbonyl (C=O) groups excluding carboxylic acids is 1. The van der Waals surface area contributed by atoms with Crippen LogP contribution in [0.1, 0.15) is 18.9 Å². The molecular formula is C12H15N5O3. The number of nitrogens with two attached hydrogens (primary N) is 1. The summed E-state index contributed by atoms with van der Waals surface area (Å²) in [6.07, 6.45) is 3.15. The summed E-state index contributed by atoms with van der Waals surface area (Å²) in [5.41, 5.74) is 6.80. The first-order chi connectivity index (χ1) is 9.61. The van der Waals surface area contributed by atoms with E-state index in [0.29, 0.717) is 29.8 Å². The molecule has 0 unspecified atom stereocenters. The summed E-state index contributed by atoms with van der Waals surface area (Å²) in [7, 11) is 1.35. The molecule has 3 rings (SSSR count). The van der Waals surface area contributed by atoms with E-state index in [0.717, 1.165) is 0 Å². The Morgan fingerprint density at radius 2 is 2.25 bits per heavy atom. The molecule has 0 amide bonds. The second kappa shape index (κ2) is 4.71. The average Bonchev–Trinajstić information content (AvgIpc) is 3.02. The zero-order valence-corrected chi connectivity index (χ0v) is 10.9. The third-order valence-electron chi connectivity index (χ3n) is 3.78. The van der Waals surface area contributed by atoms with Gasteiger partial charge >= 0.3 is 5.97 Å². The summed E-state index contributed by atoms with van der Waals surface area (Å²) in [6.45, 7) is 0. The molecule has 2 heterocycles. The van der Waals surface area contributed by atoms with E-state index in [1.807, 2.05) is 0 Å². The van der Waals surface area contributed by atoms with Crippen molar-refractivity contribution < 1.29 is 14.6 Å². The Kier molecular flexibility index (Phi) is 3.01. The molecule has 0 bridgehead atoms. The summed E-state index contributed by atoms with van der Waals surface area (Å²) in [5.74, 6) is -0.313. The molecule has 8 heteroatoms. The lowest BCUT2D eigenvalue weighted by Crippen LogP contribution is -2.17. The van der Waals surface area contributed by atoms with Crippen LogP contribution in [0.4, 0.5) is 5.82 Å². The van der Waals surface area contributed by atoms with Crippen molar-refractivity contribution in [2.75, 3.05) is 12.8 Å². The molecule has 0 aromatic carbocycles. The zero-order valence-electron chi connectivity index (χ0n) is 10.9. The van der Waals surface area contributed by atoms with Gasteiger partial charge in [-0.25, -0.2) is 15.0 Å². The van der Waals surface area contributed by atoms with Gasteiger partial charge in [0, 0.05) is 0 Å². The summed E-state index contributed by atoms with van der Waals surface area (Å²) >= 11 is 0. The Morgan fingerprint density at radius 1 is 1.45 bits per heavy atom. The van der Waals surface area contributed by atoms with Crippen LogP contribution in [-0.4, -0.2) is 43.8 Å². The number of methoxy groups -OCH3 is 1. The maximum atomic E-state index is 11.6. The first kappa shape index (κ1) is 12.8. The van der Waals surface area contributed by atoms with E-state index in [-0.39, 0.29) is 17.9 Å². The van der Waals surface area contributed by atoms with Crippen LogP contribution in [0.5, 0.6) is 0 Å².